The van der Waals surface area contributed by atoms with Gasteiger partial charge in [-0.25, -0.2) is 4.39 Å². The molecule has 1 unspecified atom stereocenters. The fourth-order valence-electron chi connectivity index (χ4n) is 3.46. The fraction of sp³-hybridized carbons (Fsp3) is 0.625. The number of rotatable bonds is 4. The first kappa shape index (κ1) is 13.7. The van der Waals surface area contributed by atoms with E-state index in [0.717, 1.165) is 18.7 Å². The van der Waals surface area contributed by atoms with Gasteiger partial charge in [0, 0.05) is 12.6 Å². The molecule has 2 fully saturated rings. The van der Waals surface area contributed by atoms with Gasteiger partial charge in [-0.1, -0.05) is 12.8 Å². The van der Waals surface area contributed by atoms with Crippen LogP contribution in [0.15, 0.2) is 18.2 Å². The number of hydrogen-bond acceptors (Lipinski definition) is 3. The fourth-order valence-corrected chi connectivity index (χ4v) is 3.46. The number of ether oxygens (including phenoxy) is 2. The Hall–Kier alpha value is -1.29. The van der Waals surface area contributed by atoms with Gasteiger partial charge in [0.1, 0.15) is 11.6 Å². The van der Waals surface area contributed by atoms with Crippen molar-refractivity contribution in [1.29, 1.82) is 0 Å². The standard InChI is InChI=1S/C16H22FNO2/c1-19-15-10-12(17)4-5-14(15)18-11-13-6-9-16(20-13)7-2-3-8-16/h4-5,10,13,18H,2-3,6-9,11H2,1H3. The number of hydrogen-bond donors (Lipinski definition) is 1. The third-order valence-electron chi connectivity index (χ3n) is 4.54. The summed E-state index contributed by atoms with van der Waals surface area (Å²) in [4.78, 5) is 0. The second-order valence-electron chi connectivity index (χ2n) is 5.89. The molecule has 1 atom stereocenters. The van der Waals surface area contributed by atoms with E-state index in [1.807, 2.05) is 0 Å². The molecule has 2 aliphatic rings. The lowest BCUT2D eigenvalue weighted by Gasteiger charge is -2.24. The van der Waals surface area contributed by atoms with Crippen LogP contribution in [0.4, 0.5) is 10.1 Å². The zero-order valence-electron chi connectivity index (χ0n) is 12.0. The molecule has 0 aromatic heterocycles. The SMILES string of the molecule is COc1cc(F)ccc1NCC1CCC2(CCCC2)O1. The van der Waals surface area contributed by atoms with Crippen LogP contribution in [0.3, 0.4) is 0 Å². The van der Waals surface area contributed by atoms with Crippen LogP contribution in [0.1, 0.15) is 38.5 Å². The molecule has 1 saturated carbocycles. The molecule has 1 aromatic carbocycles. The van der Waals surface area contributed by atoms with Crippen molar-refractivity contribution in [1.82, 2.24) is 0 Å². The van der Waals surface area contributed by atoms with Crippen LogP contribution < -0.4 is 10.1 Å². The molecule has 1 N–H and O–H groups in total. The molecule has 0 bridgehead atoms. The first-order valence-corrected chi connectivity index (χ1v) is 7.46. The Labute approximate surface area is 119 Å². The number of methoxy groups -OCH3 is 1. The summed E-state index contributed by atoms with van der Waals surface area (Å²) in [6.07, 6.45) is 7.56. The Morgan fingerprint density at radius 3 is 2.90 bits per heavy atom. The van der Waals surface area contributed by atoms with Crippen molar-refractivity contribution in [2.45, 2.75) is 50.2 Å². The first-order chi connectivity index (χ1) is 9.71. The average Bonchev–Trinajstić information content (AvgIpc) is 3.08. The molecule has 1 aliphatic heterocycles. The minimum absolute atomic E-state index is 0.166. The van der Waals surface area contributed by atoms with E-state index >= 15 is 0 Å². The Kier molecular flexibility index (Phi) is 3.83. The number of anilines is 1. The highest BCUT2D eigenvalue weighted by Gasteiger charge is 2.41. The van der Waals surface area contributed by atoms with Crippen LogP contribution in [0.25, 0.3) is 0 Å². The molecular weight excluding hydrogens is 257 g/mol. The number of halogens is 1. The Morgan fingerprint density at radius 1 is 1.35 bits per heavy atom. The van der Waals surface area contributed by atoms with Crippen LogP contribution >= 0.6 is 0 Å². The normalized spacial score (nSPS) is 24.2. The maximum absolute atomic E-state index is 13.1. The van der Waals surface area contributed by atoms with E-state index < -0.39 is 0 Å². The summed E-state index contributed by atoms with van der Waals surface area (Å²) in [6, 6.07) is 4.56. The summed E-state index contributed by atoms with van der Waals surface area (Å²) >= 11 is 0. The van der Waals surface area contributed by atoms with Crippen LogP contribution in [-0.2, 0) is 4.74 Å². The first-order valence-electron chi connectivity index (χ1n) is 7.46. The summed E-state index contributed by atoms with van der Waals surface area (Å²) in [5.74, 6) is 0.257. The van der Waals surface area contributed by atoms with Gasteiger partial charge >= 0.3 is 0 Å². The molecule has 20 heavy (non-hydrogen) atoms. The van der Waals surface area contributed by atoms with Crippen LogP contribution in [0, 0.1) is 5.82 Å². The van der Waals surface area contributed by atoms with Gasteiger partial charge in [-0.3, -0.25) is 0 Å². The number of benzene rings is 1. The van der Waals surface area contributed by atoms with Gasteiger partial charge in [0.05, 0.1) is 24.5 Å². The Balaban J connectivity index is 1.57. The molecule has 110 valence electrons. The molecule has 1 saturated heterocycles. The molecule has 1 aromatic rings. The second kappa shape index (κ2) is 5.60. The van der Waals surface area contributed by atoms with Crippen LogP contribution in [-0.4, -0.2) is 25.4 Å². The van der Waals surface area contributed by atoms with Gasteiger partial charge in [-0.05, 0) is 37.8 Å². The summed E-state index contributed by atoms with van der Waals surface area (Å²) in [7, 11) is 1.56. The molecular formula is C16H22FNO2. The molecule has 1 spiro atoms. The Morgan fingerprint density at radius 2 is 2.15 bits per heavy atom. The van der Waals surface area contributed by atoms with Gasteiger partial charge in [0.2, 0.25) is 0 Å². The smallest absolute Gasteiger partial charge is 0.144 e. The highest BCUT2D eigenvalue weighted by Crippen LogP contribution is 2.43. The third-order valence-corrected chi connectivity index (χ3v) is 4.54. The molecule has 4 heteroatoms. The largest absolute Gasteiger partial charge is 0.494 e. The van der Waals surface area contributed by atoms with Crippen LogP contribution in [0.5, 0.6) is 5.75 Å². The molecule has 1 heterocycles. The zero-order valence-corrected chi connectivity index (χ0v) is 12.0. The number of nitrogens with one attached hydrogen (secondary N) is 1. The van der Waals surface area contributed by atoms with E-state index in [2.05, 4.69) is 5.32 Å². The van der Waals surface area contributed by atoms with Crippen molar-refractivity contribution >= 4 is 5.69 Å². The lowest BCUT2D eigenvalue weighted by Crippen LogP contribution is -2.27. The average molecular weight is 279 g/mol. The van der Waals surface area contributed by atoms with Gasteiger partial charge in [-0.15, -0.1) is 0 Å². The quantitative estimate of drug-likeness (QED) is 0.910. The lowest BCUT2D eigenvalue weighted by molar-refractivity contribution is -0.0307. The van der Waals surface area contributed by atoms with Gasteiger partial charge in [0.15, 0.2) is 0 Å². The van der Waals surface area contributed by atoms with Gasteiger partial charge in [-0.2, -0.15) is 0 Å². The van der Waals surface area contributed by atoms with Gasteiger partial charge in [0.25, 0.3) is 0 Å². The van der Waals surface area contributed by atoms with Gasteiger partial charge < -0.3 is 14.8 Å². The van der Waals surface area contributed by atoms with E-state index in [1.54, 1.807) is 13.2 Å². The highest BCUT2D eigenvalue weighted by atomic mass is 19.1. The van der Waals surface area contributed by atoms with Crippen molar-refractivity contribution in [3.63, 3.8) is 0 Å². The molecule has 3 nitrogen and oxygen atoms in total. The predicted molar refractivity (Wildman–Crippen MR) is 76.7 cm³/mol. The topological polar surface area (TPSA) is 30.5 Å². The van der Waals surface area contributed by atoms with Crippen molar-refractivity contribution in [3.05, 3.63) is 24.0 Å². The molecule has 1 aliphatic carbocycles. The zero-order chi connectivity index (χ0) is 14.0. The molecule has 0 amide bonds. The highest BCUT2D eigenvalue weighted by molar-refractivity contribution is 5.56. The maximum atomic E-state index is 13.1. The maximum Gasteiger partial charge on any atom is 0.144 e. The van der Waals surface area contributed by atoms with Crippen LogP contribution in [0.2, 0.25) is 0 Å². The monoisotopic (exact) mass is 279 g/mol. The van der Waals surface area contributed by atoms with Crippen molar-refractivity contribution < 1.29 is 13.9 Å². The summed E-state index contributed by atoms with van der Waals surface area (Å²) in [5, 5.41) is 3.32. The van der Waals surface area contributed by atoms with E-state index in [1.165, 1.54) is 44.2 Å². The summed E-state index contributed by atoms with van der Waals surface area (Å²) in [6.45, 7) is 0.754. The minimum Gasteiger partial charge on any atom is -0.494 e. The second-order valence-corrected chi connectivity index (χ2v) is 5.89. The van der Waals surface area contributed by atoms with E-state index in [-0.39, 0.29) is 17.5 Å². The van der Waals surface area contributed by atoms with Crippen molar-refractivity contribution in [2.75, 3.05) is 19.0 Å². The molecule has 3 rings (SSSR count). The van der Waals surface area contributed by atoms with E-state index in [9.17, 15) is 4.39 Å². The van der Waals surface area contributed by atoms with Crippen molar-refractivity contribution in [2.24, 2.45) is 0 Å². The third kappa shape index (κ3) is 2.75. The summed E-state index contributed by atoms with van der Waals surface area (Å²) < 4.78 is 24.6. The van der Waals surface area contributed by atoms with E-state index in [0.29, 0.717) is 5.75 Å². The minimum atomic E-state index is -0.283. The predicted octanol–water partition coefficient (Wildman–Crippen LogP) is 3.74. The lowest BCUT2D eigenvalue weighted by atomic mass is 9.98. The van der Waals surface area contributed by atoms with E-state index in [4.69, 9.17) is 9.47 Å². The summed E-state index contributed by atoms with van der Waals surface area (Å²) in [5.41, 5.74) is 0.990. The van der Waals surface area contributed by atoms with Crippen molar-refractivity contribution in [3.8, 4) is 5.75 Å². The Bertz CT molecular complexity index is 472. The molecule has 0 radical (unpaired) electrons.